The Morgan fingerprint density at radius 1 is 1.22 bits per heavy atom. The quantitative estimate of drug-likeness (QED) is 0.878. The van der Waals surface area contributed by atoms with Crippen LogP contribution in [0.1, 0.15) is 37.4 Å². The third-order valence-corrected chi connectivity index (χ3v) is 3.71. The zero-order chi connectivity index (χ0) is 13.0. The van der Waals surface area contributed by atoms with Crippen molar-refractivity contribution in [1.29, 1.82) is 0 Å². The average Bonchev–Trinajstić information content (AvgIpc) is 2.37. The summed E-state index contributed by atoms with van der Waals surface area (Å²) >= 11 is 0. The van der Waals surface area contributed by atoms with E-state index >= 15 is 0 Å². The summed E-state index contributed by atoms with van der Waals surface area (Å²) in [5.41, 5.74) is 2.86. The fraction of sp³-hybridized carbons (Fsp3) is 0.625. The molecule has 0 aromatic heterocycles. The molecule has 1 atom stereocenters. The number of rotatable bonds is 4. The van der Waals surface area contributed by atoms with Crippen LogP contribution in [0.25, 0.3) is 0 Å². The summed E-state index contributed by atoms with van der Waals surface area (Å²) in [6.07, 6.45) is 1.25. The highest BCUT2D eigenvalue weighted by Crippen LogP contribution is 2.28. The van der Waals surface area contributed by atoms with Gasteiger partial charge in [-0.05, 0) is 24.8 Å². The van der Waals surface area contributed by atoms with E-state index in [1.807, 2.05) is 0 Å². The molecule has 0 amide bonds. The zero-order valence-electron chi connectivity index (χ0n) is 11.9. The van der Waals surface area contributed by atoms with Gasteiger partial charge in [-0.1, -0.05) is 43.7 Å². The SMILES string of the molecule is Cc1cccc([C@H](CC(C)C)N2CCNCC2)c1. The Hall–Kier alpha value is -0.860. The van der Waals surface area contributed by atoms with E-state index in [0.29, 0.717) is 6.04 Å². The van der Waals surface area contributed by atoms with E-state index in [9.17, 15) is 0 Å². The Kier molecular flexibility index (Phi) is 4.79. The molecule has 0 radical (unpaired) electrons. The number of hydrogen-bond donors (Lipinski definition) is 1. The predicted octanol–water partition coefficient (Wildman–Crippen LogP) is 2.99. The highest BCUT2D eigenvalue weighted by Gasteiger charge is 2.22. The van der Waals surface area contributed by atoms with Crippen molar-refractivity contribution in [3.05, 3.63) is 35.4 Å². The highest BCUT2D eigenvalue weighted by molar-refractivity contribution is 5.25. The third-order valence-electron chi connectivity index (χ3n) is 3.71. The Labute approximate surface area is 111 Å². The van der Waals surface area contributed by atoms with Gasteiger partial charge in [0, 0.05) is 32.2 Å². The van der Waals surface area contributed by atoms with E-state index in [2.05, 4.69) is 55.3 Å². The van der Waals surface area contributed by atoms with Crippen LogP contribution in [0, 0.1) is 12.8 Å². The van der Waals surface area contributed by atoms with Gasteiger partial charge in [-0.15, -0.1) is 0 Å². The Balaban J connectivity index is 2.18. The first-order chi connectivity index (χ1) is 8.66. The molecule has 0 bridgehead atoms. The van der Waals surface area contributed by atoms with Crippen LogP contribution < -0.4 is 5.32 Å². The minimum absolute atomic E-state index is 0.590. The second-order valence-electron chi connectivity index (χ2n) is 5.85. The summed E-state index contributed by atoms with van der Waals surface area (Å²) in [5, 5.41) is 3.44. The van der Waals surface area contributed by atoms with Crippen molar-refractivity contribution in [3.8, 4) is 0 Å². The van der Waals surface area contributed by atoms with Crippen molar-refractivity contribution < 1.29 is 0 Å². The fourth-order valence-electron chi connectivity index (χ4n) is 2.81. The number of hydrogen-bond acceptors (Lipinski definition) is 2. The smallest absolute Gasteiger partial charge is 0.0351 e. The third kappa shape index (κ3) is 3.56. The van der Waals surface area contributed by atoms with Crippen molar-refractivity contribution >= 4 is 0 Å². The van der Waals surface area contributed by atoms with E-state index in [4.69, 9.17) is 0 Å². The van der Waals surface area contributed by atoms with Gasteiger partial charge in [0.05, 0.1) is 0 Å². The zero-order valence-corrected chi connectivity index (χ0v) is 11.9. The fourth-order valence-corrected chi connectivity index (χ4v) is 2.81. The molecule has 1 aliphatic rings. The summed E-state index contributed by atoms with van der Waals surface area (Å²) < 4.78 is 0. The molecule has 2 rings (SSSR count). The van der Waals surface area contributed by atoms with Crippen LogP contribution >= 0.6 is 0 Å². The van der Waals surface area contributed by atoms with E-state index in [1.54, 1.807) is 0 Å². The maximum atomic E-state index is 3.44. The number of nitrogens with zero attached hydrogens (tertiary/aromatic N) is 1. The predicted molar refractivity (Wildman–Crippen MR) is 77.8 cm³/mol. The van der Waals surface area contributed by atoms with Gasteiger partial charge >= 0.3 is 0 Å². The molecule has 0 spiro atoms. The molecular weight excluding hydrogens is 220 g/mol. The van der Waals surface area contributed by atoms with E-state index in [0.717, 1.165) is 19.0 Å². The molecule has 2 heteroatoms. The monoisotopic (exact) mass is 246 g/mol. The largest absolute Gasteiger partial charge is 0.314 e. The van der Waals surface area contributed by atoms with Crippen LogP contribution in [-0.4, -0.2) is 31.1 Å². The molecule has 1 aliphatic heterocycles. The first kappa shape index (κ1) is 13.6. The van der Waals surface area contributed by atoms with Gasteiger partial charge in [0.2, 0.25) is 0 Å². The second-order valence-corrected chi connectivity index (χ2v) is 5.85. The standard InChI is InChI=1S/C16H26N2/c1-13(2)11-16(18-9-7-17-8-10-18)15-6-4-5-14(3)12-15/h4-6,12-13,16-17H,7-11H2,1-3H3/t16-/m0/s1. The molecule has 1 aromatic rings. The van der Waals surface area contributed by atoms with Gasteiger partial charge in [-0.3, -0.25) is 4.90 Å². The Bertz CT molecular complexity index is 367. The summed E-state index contributed by atoms with van der Waals surface area (Å²) in [7, 11) is 0. The number of piperazine rings is 1. The average molecular weight is 246 g/mol. The van der Waals surface area contributed by atoms with Crippen LogP contribution in [-0.2, 0) is 0 Å². The topological polar surface area (TPSA) is 15.3 Å². The number of aryl methyl sites for hydroxylation is 1. The molecule has 0 unspecified atom stereocenters. The lowest BCUT2D eigenvalue weighted by Crippen LogP contribution is -2.45. The van der Waals surface area contributed by atoms with Gasteiger partial charge < -0.3 is 5.32 Å². The number of benzene rings is 1. The second kappa shape index (κ2) is 6.35. The van der Waals surface area contributed by atoms with Gasteiger partial charge in [-0.2, -0.15) is 0 Å². The van der Waals surface area contributed by atoms with Crippen molar-refractivity contribution in [2.45, 2.75) is 33.2 Å². The van der Waals surface area contributed by atoms with E-state index in [-0.39, 0.29) is 0 Å². The molecule has 0 aliphatic carbocycles. The van der Waals surface area contributed by atoms with Crippen LogP contribution in [0.5, 0.6) is 0 Å². The lowest BCUT2D eigenvalue weighted by atomic mass is 9.94. The van der Waals surface area contributed by atoms with Gasteiger partial charge in [0.15, 0.2) is 0 Å². The summed E-state index contributed by atoms with van der Waals surface area (Å²) in [4.78, 5) is 2.64. The van der Waals surface area contributed by atoms with Gasteiger partial charge in [0.25, 0.3) is 0 Å². The van der Waals surface area contributed by atoms with E-state index < -0.39 is 0 Å². The highest BCUT2D eigenvalue weighted by atomic mass is 15.2. The molecule has 18 heavy (non-hydrogen) atoms. The maximum absolute atomic E-state index is 3.44. The molecule has 100 valence electrons. The molecule has 1 fully saturated rings. The lowest BCUT2D eigenvalue weighted by molar-refractivity contribution is 0.154. The molecule has 1 N–H and O–H groups in total. The van der Waals surface area contributed by atoms with Gasteiger partial charge in [0.1, 0.15) is 0 Å². The van der Waals surface area contributed by atoms with Crippen molar-refractivity contribution in [3.63, 3.8) is 0 Å². The number of nitrogens with one attached hydrogen (secondary N) is 1. The Morgan fingerprint density at radius 2 is 1.94 bits per heavy atom. The molecule has 0 saturated carbocycles. The minimum Gasteiger partial charge on any atom is -0.314 e. The maximum Gasteiger partial charge on any atom is 0.0351 e. The Morgan fingerprint density at radius 3 is 2.56 bits per heavy atom. The van der Waals surface area contributed by atoms with Crippen molar-refractivity contribution in [2.24, 2.45) is 5.92 Å². The van der Waals surface area contributed by atoms with Crippen LogP contribution in [0.3, 0.4) is 0 Å². The first-order valence-electron chi connectivity index (χ1n) is 7.18. The summed E-state index contributed by atoms with van der Waals surface area (Å²) in [6, 6.07) is 9.62. The van der Waals surface area contributed by atoms with Crippen molar-refractivity contribution in [2.75, 3.05) is 26.2 Å². The minimum atomic E-state index is 0.590. The first-order valence-corrected chi connectivity index (χ1v) is 7.18. The normalized spacial score (nSPS) is 19.1. The summed E-state index contributed by atoms with van der Waals surface area (Å²) in [6.45, 7) is 11.4. The van der Waals surface area contributed by atoms with E-state index in [1.165, 1.54) is 30.6 Å². The summed E-state index contributed by atoms with van der Waals surface area (Å²) in [5.74, 6) is 0.741. The molecule has 2 nitrogen and oxygen atoms in total. The van der Waals surface area contributed by atoms with Crippen LogP contribution in [0.4, 0.5) is 0 Å². The van der Waals surface area contributed by atoms with Crippen molar-refractivity contribution in [1.82, 2.24) is 10.2 Å². The lowest BCUT2D eigenvalue weighted by Gasteiger charge is -2.36. The molecule has 1 heterocycles. The molecular formula is C16H26N2. The van der Waals surface area contributed by atoms with Crippen LogP contribution in [0.15, 0.2) is 24.3 Å². The molecule has 1 saturated heterocycles. The molecule has 1 aromatic carbocycles. The van der Waals surface area contributed by atoms with Gasteiger partial charge in [-0.25, -0.2) is 0 Å². The van der Waals surface area contributed by atoms with Crippen LogP contribution in [0.2, 0.25) is 0 Å².